The summed E-state index contributed by atoms with van der Waals surface area (Å²) in [6.45, 7) is 9.34. The van der Waals surface area contributed by atoms with Crippen LogP contribution in [0, 0.1) is 3.57 Å². The highest BCUT2D eigenvalue weighted by Gasteiger charge is 2.21. The zero-order chi connectivity index (χ0) is 33.8. The molecular weight excluding hydrogens is 679 g/mol. The number of halogens is 1. The van der Waals surface area contributed by atoms with Crippen molar-refractivity contribution in [2.24, 2.45) is 0 Å². The van der Waals surface area contributed by atoms with Gasteiger partial charge in [0.15, 0.2) is 0 Å². The molecule has 0 aliphatic heterocycles. The molecule has 0 bridgehead atoms. The Labute approximate surface area is 307 Å². The number of hydrogen-bond acceptors (Lipinski definition) is 0. The third-order valence-electron chi connectivity index (χ3n) is 10.3. The van der Waals surface area contributed by atoms with Crippen molar-refractivity contribution < 1.29 is 0 Å². The van der Waals surface area contributed by atoms with Gasteiger partial charge in [0.2, 0.25) is 0 Å². The smallest absolute Gasteiger partial charge is 0.0240 e. The summed E-state index contributed by atoms with van der Waals surface area (Å²) in [6, 6.07) is 11.0. The van der Waals surface area contributed by atoms with E-state index in [-0.39, 0.29) is 0 Å². The van der Waals surface area contributed by atoms with Crippen molar-refractivity contribution in [3.63, 3.8) is 0 Å². The lowest BCUT2D eigenvalue weighted by Gasteiger charge is -2.25. The summed E-state index contributed by atoms with van der Waals surface area (Å²) in [5.74, 6) is 0. The van der Waals surface area contributed by atoms with Gasteiger partial charge >= 0.3 is 0 Å². The second kappa shape index (κ2) is 28.7. The van der Waals surface area contributed by atoms with Gasteiger partial charge in [0, 0.05) is 3.57 Å². The molecule has 0 fully saturated rings. The molecule has 1 heteroatoms. The van der Waals surface area contributed by atoms with Gasteiger partial charge in [0.1, 0.15) is 0 Å². The molecule has 2 aromatic rings. The average Bonchev–Trinajstić information content (AvgIpc) is 3.09. The highest BCUT2D eigenvalue weighted by Crippen LogP contribution is 2.36. The largest absolute Gasteiger partial charge is 0.0654 e. The van der Waals surface area contributed by atoms with E-state index in [9.17, 15) is 0 Å². The Bertz CT molecular complexity index is 1050. The summed E-state index contributed by atoms with van der Waals surface area (Å²) in [4.78, 5) is 0. The molecule has 0 heterocycles. The molecule has 0 N–H and O–H groups in total. The number of benzene rings is 2. The molecule has 0 aliphatic carbocycles. The monoisotopic (exact) mass is 754 g/mol. The first-order chi connectivity index (χ1) is 23.2. The Kier molecular flexibility index (Phi) is 25.7. The van der Waals surface area contributed by atoms with E-state index < -0.39 is 0 Å². The summed E-state index contributed by atoms with van der Waals surface area (Å²) in [7, 11) is 0. The minimum Gasteiger partial charge on any atom is -0.0654 e. The molecule has 266 valence electrons. The molecule has 2 aromatic carbocycles. The minimum absolute atomic E-state index is 1.25. The Morgan fingerprint density at radius 1 is 0.383 bits per heavy atom. The van der Waals surface area contributed by atoms with Crippen molar-refractivity contribution in [2.75, 3.05) is 0 Å². The van der Waals surface area contributed by atoms with E-state index in [2.05, 4.69) is 92.8 Å². The second-order valence-electron chi connectivity index (χ2n) is 14.5. The van der Waals surface area contributed by atoms with Crippen LogP contribution in [0.3, 0.4) is 0 Å². The molecule has 0 saturated heterocycles. The van der Waals surface area contributed by atoms with Crippen LogP contribution in [-0.4, -0.2) is 0 Å². The maximum absolute atomic E-state index is 2.79. The lowest BCUT2D eigenvalue weighted by molar-refractivity contribution is 0.587. The summed E-state index contributed by atoms with van der Waals surface area (Å²) < 4.78 is 1.58. The molecule has 0 aliphatic rings. The number of hydrogen-bond donors (Lipinski definition) is 0. The molecule has 0 unspecified atom stereocenters. The zero-order valence-electron chi connectivity index (χ0n) is 31.7. The fourth-order valence-corrected chi connectivity index (χ4v) is 8.45. The van der Waals surface area contributed by atoms with Crippen LogP contribution < -0.4 is 0 Å². The van der Waals surface area contributed by atoms with E-state index in [1.54, 1.807) is 31.4 Å². The number of unbranched alkanes of at least 4 members (excludes halogenated alkanes) is 20. The van der Waals surface area contributed by atoms with Crippen molar-refractivity contribution in [3.8, 4) is 0 Å². The fraction of sp³-hybridized carbons (Fsp3) is 0.696. The van der Waals surface area contributed by atoms with Gasteiger partial charge in [-0.05, 0) is 107 Å². The van der Waals surface area contributed by atoms with Crippen LogP contribution >= 0.6 is 22.6 Å². The first-order valence-corrected chi connectivity index (χ1v) is 21.8. The van der Waals surface area contributed by atoms with Crippen molar-refractivity contribution >= 4 is 34.7 Å². The molecule has 0 spiro atoms. The summed E-state index contributed by atoms with van der Waals surface area (Å²) in [5, 5.41) is 0. The van der Waals surface area contributed by atoms with Gasteiger partial charge < -0.3 is 0 Å². The molecule has 0 amide bonds. The van der Waals surface area contributed by atoms with Crippen molar-refractivity contribution in [3.05, 3.63) is 67.3 Å². The fourth-order valence-electron chi connectivity index (χ4n) is 7.35. The Morgan fingerprint density at radius 3 is 1.15 bits per heavy atom. The SMILES string of the molecule is CCCCCCCCc1c(I)c(/C=C/c2ccccc2)c(CCCCCCCC)c(CCCCCCCC)c1CCCCCCCC. The van der Waals surface area contributed by atoms with E-state index in [0.717, 1.165) is 0 Å². The topological polar surface area (TPSA) is 0 Å². The first-order valence-electron chi connectivity index (χ1n) is 20.8. The normalized spacial score (nSPS) is 11.7. The molecule has 0 aromatic heterocycles. The molecule has 0 atom stereocenters. The van der Waals surface area contributed by atoms with Crippen molar-refractivity contribution in [1.82, 2.24) is 0 Å². The highest BCUT2D eigenvalue weighted by atomic mass is 127. The van der Waals surface area contributed by atoms with Crippen LogP contribution in [0.5, 0.6) is 0 Å². The molecule has 47 heavy (non-hydrogen) atoms. The van der Waals surface area contributed by atoms with Gasteiger partial charge in [-0.25, -0.2) is 0 Å². The van der Waals surface area contributed by atoms with E-state index in [1.807, 2.05) is 0 Å². The van der Waals surface area contributed by atoms with Crippen LogP contribution in [0.1, 0.15) is 215 Å². The predicted molar refractivity (Wildman–Crippen MR) is 223 cm³/mol. The van der Waals surface area contributed by atoms with Crippen molar-refractivity contribution in [2.45, 2.75) is 207 Å². The van der Waals surface area contributed by atoms with Gasteiger partial charge in [-0.2, -0.15) is 0 Å². The lowest BCUT2D eigenvalue weighted by atomic mass is 9.82. The first kappa shape index (κ1) is 42.1. The quantitative estimate of drug-likeness (QED) is 0.0423. The molecule has 0 saturated carbocycles. The average molecular weight is 755 g/mol. The minimum atomic E-state index is 1.25. The van der Waals surface area contributed by atoms with Gasteiger partial charge in [0.05, 0.1) is 0 Å². The number of rotatable bonds is 30. The molecule has 2 rings (SSSR count). The lowest BCUT2D eigenvalue weighted by Crippen LogP contribution is -2.12. The predicted octanol–water partition coefficient (Wildman–Crippen LogP) is 16.1. The third-order valence-corrected chi connectivity index (χ3v) is 11.5. The standard InChI is InChI=1S/C46H75I/c1-5-9-13-17-21-28-34-41-42(35-29-22-18-14-10-6-2)44(37-31-24-20-16-12-8-4)46(47)45(39-38-40-32-26-25-27-33-40)43(41)36-30-23-19-15-11-7-3/h25-27,32-33,38-39H,5-24,28-31,34-37H2,1-4H3/b39-38+. The zero-order valence-corrected chi connectivity index (χ0v) is 33.9. The highest BCUT2D eigenvalue weighted by molar-refractivity contribution is 14.1. The van der Waals surface area contributed by atoms with E-state index in [1.165, 1.54) is 185 Å². The Hall–Kier alpha value is -1.09. The summed E-state index contributed by atoms with van der Waals surface area (Å²) in [6.07, 6.45) is 43.1. The van der Waals surface area contributed by atoms with Crippen LogP contribution in [0.15, 0.2) is 30.3 Å². The Morgan fingerprint density at radius 2 is 0.723 bits per heavy atom. The summed E-state index contributed by atoms with van der Waals surface area (Å²) >= 11 is 2.79. The van der Waals surface area contributed by atoms with Crippen LogP contribution in [-0.2, 0) is 25.7 Å². The van der Waals surface area contributed by atoms with Gasteiger partial charge in [-0.1, -0.05) is 199 Å². The van der Waals surface area contributed by atoms with E-state index >= 15 is 0 Å². The maximum Gasteiger partial charge on any atom is 0.0240 e. The van der Waals surface area contributed by atoms with Crippen molar-refractivity contribution in [1.29, 1.82) is 0 Å². The van der Waals surface area contributed by atoms with Gasteiger partial charge in [0.25, 0.3) is 0 Å². The van der Waals surface area contributed by atoms with Crippen LogP contribution in [0.2, 0.25) is 0 Å². The second-order valence-corrected chi connectivity index (χ2v) is 15.5. The van der Waals surface area contributed by atoms with Gasteiger partial charge in [-0.15, -0.1) is 0 Å². The summed E-state index contributed by atoms with van der Waals surface area (Å²) in [5.41, 5.74) is 9.92. The molecule has 0 radical (unpaired) electrons. The molecular formula is C46H75I. The molecule has 0 nitrogen and oxygen atoms in total. The van der Waals surface area contributed by atoms with E-state index in [0.29, 0.717) is 0 Å². The van der Waals surface area contributed by atoms with E-state index in [4.69, 9.17) is 0 Å². The maximum atomic E-state index is 2.79. The van der Waals surface area contributed by atoms with Gasteiger partial charge in [-0.3, -0.25) is 0 Å². The van der Waals surface area contributed by atoms with Crippen LogP contribution in [0.25, 0.3) is 12.2 Å². The third kappa shape index (κ3) is 17.9. The van der Waals surface area contributed by atoms with Crippen LogP contribution in [0.4, 0.5) is 0 Å². The Balaban J connectivity index is 2.52.